The molecule has 0 aliphatic heterocycles. The van der Waals surface area contributed by atoms with Crippen molar-refractivity contribution < 1.29 is 71.5 Å². The van der Waals surface area contributed by atoms with E-state index >= 15 is 0 Å². The standard InChI is InChI=1S/C48H99NO15S2/c49-64-46-45-63-44-43-62-42-41-61-40-39-60-38-37-59-36-35-58-34-33-57-32-30-55-27-24-52-21-16-12-8-4-2-6-10-14-18-48-66-65-47-17-13-9-5-1-3-7-11-15-20-51-23-26-54-29-31-56-28-25-53-22-19-50/h50H,1-49H2. The zero-order valence-electron chi connectivity index (χ0n) is 41.5. The van der Waals surface area contributed by atoms with Crippen LogP contribution in [0.25, 0.3) is 0 Å². The van der Waals surface area contributed by atoms with Gasteiger partial charge < -0.3 is 71.5 Å². The summed E-state index contributed by atoms with van der Waals surface area (Å²) < 4.78 is 71.1. The van der Waals surface area contributed by atoms with Crippen molar-refractivity contribution >= 4 is 21.6 Å². The fourth-order valence-electron chi connectivity index (χ4n) is 6.12. The number of nitrogens with two attached hydrogens (primary N) is 1. The first kappa shape index (κ1) is 66.1. The number of hydrogen-bond donors (Lipinski definition) is 2. The maximum Gasteiger partial charge on any atom is 0.0913 e. The highest BCUT2D eigenvalue weighted by atomic mass is 33.1. The van der Waals surface area contributed by atoms with E-state index in [2.05, 4.69) is 26.4 Å². The molecule has 0 bridgehead atoms. The smallest absolute Gasteiger partial charge is 0.0913 e. The summed E-state index contributed by atoms with van der Waals surface area (Å²) in [6, 6.07) is 0. The summed E-state index contributed by atoms with van der Waals surface area (Å²) in [6.07, 6.45) is 23.9. The Morgan fingerprint density at radius 3 is 0.621 bits per heavy atom. The molecule has 0 aromatic carbocycles. The maximum atomic E-state index is 8.63. The summed E-state index contributed by atoms with van der Waals surface area (Å²) in [4.78, 5) is 4.41. The monoisotopic (exact) mass is 994 g/mol. The lowest BCUT2D eigenvalue weighted by Crippen LogP contribution is -2.15. The molecule has 0 radical (unpaired) electrons. The van der Waals surface area contributed by atoms with Crippen molar-refractivity contribution in [3.63, 3.8) is 0 Å². The molecule has 0 saturated heterocycles. The van der Waals surface area contributed by atoms with E-state index in [0.29, 0.717) is 165 Å². The van der Waals surface area contributed by atoms with Crippen molar-refractivity contribution in [3.8, 4) is 0 Å². The first-order chi connectivity index (χ1) is 32.9. The highest BCUT2D eigenvalue weighted by Crippen LogP contribution is 2.25. The van der Waals surface area contributed by atoms with Crippen LogP contribution in [0.3, 0.4) is 0 Å². The van der Waals surface area contributed by atoms with Crippen molar-refractivity contribution in [2.45, 2.75) is 116 Å². The van der Waals surface area contributed by atoms with Crippen LogP contribution in [0.1, 0.15) is 116 Å². The first-order valence-electron chi connectivity index (χ1n) is 25.6. The molecule has 16 nitrogen and oxygen atoms in total. The van der Waals surface area contributed by atoms with Gasteiger partial charge in [-0.15, -0.1) is 0 Å². The molecular weight excluding hydrogens is 895 g/mol. The summed E-state index contributed by atoms with van der Waals surface area (Å²) in [5, 5.41) is 8.63. The fourth-order valence-corrected chi connectivity index (χ4v) is 8.41. The largest absolute Gasteiger partial charge is 0.394 e. The Balaban J connectivity index is 3.06. The molecule has 0 saturated carbocycles. The Hall–Kier alpha value is 0.0600. The van der Waals surface area contributed by atoms with Crippen LogP contribution in [0.2, 0.25) is 0 Å². The lowest BCUT2D eigenvalue weighted by molar-refractivity contribution is -0.0264. The molecule has 0 unspecified atom stereocenters. The fraction of sp³-hybridized carbons (Fsp3) is 1.00. The Morgan fingerprint density at radius 1 is 0.212 bits per heavy atom. The highest BCUT2D eigenvalue weighted by Gasteiger charge is 2.00. The number of aliphatic hydroxyl groups excluding tert-OH is 1. The minimum Gasteiger partial charge on any atom is -0.394 e. The first-order valence-corrected chi connectivity index (χ1v) is 28.1. The number of ether oxygens (including phenoxy) is 13. The highest BCUT2D eigenvalue weighted by molar-refractivity contribution is 8.76. The molecule has 0 rings (SSSR count). The Labute approximate surface area is 409 Å². The summed E-state index contributed by atoms with van der Waals surface area (Å²) in [6.45, 7) is 14.9. The van der Waals surface area contributed by atoms with Gasteiger partial charge in [-0.2, -0.15) is 0 Å². The third-order valence-corrected chi connectivity index (χ3v) is 12.4. The number of unbranched alkanes of at least 4 members (excludes halogenated alkanes) is 16. The Kier molecular flexibility index (Phi) is 65.1. The van der Waals surface area contributed by atoms with Gasteiger partial charge in [0.25, 0.3) is 0 Å². The van der Waals surface area contributed by atoms with E-state index in [0.717, 1.165) is 26.1 Å². The van der Waals surface area contributed by atoms with Gasteiger partial charge in [-0.3, -0.25) is 0 Å². The molecule has 0 heterocycles. The van der Waals surface area contributed by atoms with E-state index in [4.69, 9.17) is 72.6 Å². The Bertz CT molecular complexity index is 774. The topological polar surface area (TPSA) is 175 Å². The second kappa shape index (κ2) is 65.1. The Morgan fingerprint density at radius 2 is 0.394 bits per heavy atom. The third kappa shape index (κ3) is 64.1. The van der Waals surface area contributed by atoms with Crippen LogP contribution < -0.4 is 5.90 Å². The average Bonchev–Trinajstić information content (AvgIpc) is 3.33. The van der Waals surface area contributed by atoms with Crippen LogP contribution in [-0.2, 0) is 66.4 Å². The molecule has 0 aromatic rings. The van der Waals surface area contributed by atoms with Crippen molar-refractivity contribution in [2.24, 2.45) is 5.90 Å². The van der Waals surface area contributed by atoms with Gasteiger partial charge in [0.05, 0.1) is 172 Å². The molecule has 18 heteroatoms. The normalized spacial score (nSPS) is 11.7. The molecule has 0 aliphatic rings. The van der Waals surface area contributed by atoms with Gasteiger partial charge in [-0.1, -0.05) is 111 Å². The number of aliphatic hydroxyl groups is 1. The van der Waals surface area contributed by atoms with Crippen LogP contribution >= 0.6 is 21.6 Å². The molecule has 0 atom stereocenters. The molecule has 398 valence electrons. The van der Waals surface area contributed by atoms with E-state index in [1.165, 1.54) is 114 Å². The van der Waals surface area contributed by atoms with Gasteiger partial charge in [0.1, 0.15) is 0 Å². The van der Waals surface area contributed by atoms with Crippen molar-refractivity contribution in [1.82, 2.24) is 0 Å². The minimum atomic E-state index is 0.0483. The maximum absolute atomic E-state index is 8.63. The van der Waals surface area contributed by atoms with Gasteiger partial charge in [-0.25, -0.2) is 5.90 Å². The van der Waals surface area contributed by atoms with Crippen LogP contribution in [0.4, 0.5) is 0 Å². The van der Waals surface area contributed by atoms with Crippen LogP contribution in [0, 0.1) is 0 Å². The van der Waals surface area contributed by atoms with Crippen molar-refractivity contribution in [3.05, 3.63) is 0 Å². The van der Waals surface area contributed by atoms with Crippen LogP contribution in [-0.4, -0.2) is 202 Å². The summed E-state index contributed by atoms with van der Waals surface area (Å²) in [5.74, 6) is 7.52. The molecule has 66 heavy (non-hydrogen) atoms. The van der Waals surface area contributed by atoms with E-state index in [1.807, 2.05) is 0 Å². The predicted molar refractivity (Wildman–Crippen MR) is 266 cm³/mol. The van der Waals surface area contributed by atoms with Gasteiger partial charge in [0.15, 0.2) is 0 Å². The van der Waals surface area contributed by atoms with Gasteiger partial charge in [0.2, 0.25) is 0 Å². The zero-order chi connectivity index (χ0) is 47.3. The summed E-state index contributed by atoms with van der Waals surface area (Å²) in [5.41, 5.74) is 0. The molecule has 3 N–H and O–H groups in total. The van der Waals surface area contributed by atoms with Crippen molar-refractivity contribution in [2.75, 3.05) is 196 Å². The SMILES string of the molecule is NOCCOCCOCCOCCOCCOCCOCCOCCOCCOCCCCCCCCCCCSSCCCCCCCCCCCOCCOCCOCCOCCO. The third-order valence-electron chi connectivity index (χ3n) is 9.79. The number of hydrogen-bond acceptors (Lipinski definition) is 18. The zero-order valence-corrected chi connectivity index (χ0v) is 43.1. The summed E-state index contributed by atoms with van der Waals surface area (Å²) in [7, 11) is 4.17. The molecule has 0 aliphatic carbocycles. The molecular formula is C48H99NO15S2. The summed E-state index contributed by atoms with van der Waals surface area (Å²) >= 11 is 0. The lowest BCUT2D eigenvalue weighted by Gasteiger charge is -2.09. The second-order valence-corrected chi connectivity index (χ2v) is 18.3. The molecule has 0 aromatic heterocycles. The van der Waals surface area contributed by atoms with E-state index in [1.54, 1.807) is 0 Å². The molecule has 0 amide bonds. The molecule has 0 fully saturated rings. The second-order valence-electron chi connectivity index (χ2n) is 15.6. The minimum absolute atomic E-state index is 0.0483. The number of rotatable bonds is 63. The van der Waals surface area contributed by atoms with E-state index in [-0.39, 0.29) is 6.61 Å². The lowest BCUT2D eigenvalue weighted by atomic mass is 10.1. The quantitative estimate of drug-likeness (QED) is 0.0348. The van der Waals surface area contributed by atoms with Gasteiger partial charge in [-0.05, 0) is 25.7 Å². The predicted octanol–water partition coefficient (Wildman–Crippen LogP) is 7.49. The van der Waals surface area contributed by atoms with Crippen LogP contribution in [0.15, 0.2) is 0 Å². The van der Waals surface area contributed by atoms with Gasteiger partial charge in [0, 0.05) is 24.7 Å². The van der Waals surface area contributed by atoms with Crippen molar-refractivity contribution in [1.29, 1.82) is 0 Å². The average molecular weight is 994 g/mol. The van der Waals surface area contributed by atoms with E-state index < -0.39 is 0 Å². The van der Waals surface area contributed by atoms with Gasteiger partial charge >= 0.3 is 0 Å². The van der Waals surface area contributed by atoms with E-state index in [9.17, 15) is 0 Å². The molecule has 0 spiro atoms. The van der Waals surface area contributed by atoms with Crippen LogP contribution in [0.5, 0.6) is 0 Å².